The predicted molar refractivity (Wildman–Crippen MR) is 144 cm³/mol. The van der Waals surface area contributed by atoms with Crippen LogP contribution >= 0.6 is 0 Å². The molecule has 0 aromatic heterocycles. The largest absolute Gasteiger partial charge is 0.534 e. The highest BCUT2D eigenvalue weighted by molar-refractivity contribution is 7.88. The normalized spacial score (nSPS) is 13.7. The van der Waals surface area contributed by atoms with Gasteiger partial charge in [-0.3, -0.25) is 0 Å². The summed E-state index contributed by atoms with van der Waals surface area (Å²) < 4.78 is 265. The Morgan fingerprint density at radius 1 is 0.373 bits per heavy atom. The number of halogens is 12. The van der Waals surface area contributed by atoms with Gasteiger partial charge in [0.15, 0.2) is 23.0 Å². The summed E-state index contributed by atoms with van der Waals surface area (Å²) >= 11 is 0. The summed E-state index contributed by atoms with van der Waals surface area (Å²) in [7, 11) is -27.2. The molecule has 29 heteroatoms. The first kappa shape index (κ1) is 41.0. The lowest BCUT2D eigenvalue weighted by molar-refractivity contribution is -0.0513. The van der Waals surface area contributed by atoms with E-state index < -0.39 is 96.9 Å². The molecule has 0 fully saturated rings. The number of para-hydroxylation sites is 1. The summed E-state index contributed by atoms with van der Waals surface area (Å²) in [4.78, 5) is 0.546. The molecule has 51 heavy (non-hydrogen) atoms. The van der Waals surface area contributed by atoms with E-state index in [2.05, 4.69) is 16.7 Å². The molecule has 3 aromatic rings. The molecule has 3 rings (SSSR count). The van der Waals surface area contributed by atoms with Crippen molar-refractivity contribution in [1.29, 1.82) is 0 Å². The van der Waals surface area contributed by atoms with Crippen molar-refractivity contribution in [3.63, 3.8) is 0 Å². The van der Waals surface area contributed by atoms with Crippen LogP contribution in [0.3, 0.4) is 0 Å². The number of hydrogen-bond acceptors (Lipinski definition) is 13. The Labute approximate surface area is 277 Å². The summed E-state index contributed by atoms with van der Waals surface area (Å²) in [5, 5.41) is 0. The van der Waals surface area contributed by atoms with Crippen molar-refractivity contribution >= 4 is 57.5 Å². The minimum atomic E-state index is -6.85. The zero-order chi connectivity index (χ0) is 39.2. The molecule has 0 saturated heterocycles. The third-order valence-electron chi connectivity index (χ3n) is 5.32. The Morgan fingerprint density at radius 3 is 0.922 bits per heavy atom. The molecule has 0 aliphatic rings. The quantitative estimate of drug-likeness (QED) is 0.124. The second kappa shape index (κ2) is 13.3. The van der Waals surface area contributed by atoms with E-state index in [1.54, 1.807) is 0 Å². The molecule has 0 bridgehead atoms. The molecule has 0 radical (unpaired) electrons. The number of alkyl halides is 12. The molecule has 0 N–H and O–H groups in total. The first-order valence-corrected chi connectivity index (χ1v) is 17.6. The van der Waals surface area contributed by atoms with Crippen LogP contribution in [0.1, 0.15) is 0 Å². The first-order valence-electron chi connectivity index (χ1n) is 12.0. The molecule has 0 heterocycles. The fourth-order valence-corrected chi connectivity index (χ4v) is 5.09. The summed E-state index contributed by atoms with van der Waals surface area (Å²) in [6, 6.07) is 6.93. The Morgan fingerprint density at radius 2 is 0.647 bits per heavy atom. The van der Waals surface area contributed by atoms with E-state index in [0.29, 0.717) is 17.0 Å². The predicted octanol–water partition coefficient (Wildman–Crippen LogP) is 6.07. The molecule has 0 saturated carbocycles. The molecule has 0 spiro atoms. The third-order valence-corrected chi connectivity index (χ3v) is 9.18. The minimum Gasteiger partial charge on any atom is -0.372 e. The van der Waals surface area contributed by atoms with E-state index in [9.17, 15) is 86.4 Å². The van der Waals surface area contributed by atoms with Crippen LogP contribution in [0.4, 0.5) is 69.7 Å². The van der Waals surface area contributed by atoms with Crippen LogP contribution in [0, 0.1) is 0 Å². The lowest BCUT2D eigenvalue weighted by Crippen LogP contribution is -2.30. The van der Waals surface area contributed by atoms with Crippen LogP contribution in [0.25, 0.3) is 0 Å². The van der Waals surface area contributed by atoms with Gasteiger partial charge in [0, 0.05) is 17.8 Å². The fourth-order valence-electron chi connectivity index (χ4n) is 3.23. The van der Waals surface area contributed by atoms with Gasteiger partial charge in [-0.15, -0.1) is 0 Å². The topological polar surface area (TPSA) is 177 Å². The van der Waals surface area contributed by atoms with E-state index in [-0.39, 0.29) is 30.0 Å². The zero-order valence-corrected chi connectivity index (χ0v) is 26.6. The van der Waals surface area contributed by atoms with Crippen LogP contribution in [-0.4, -0.2) is 55.7 Å². The molecule has 13 nitrogen and oxygen atoms in total. The second-order valence-electron chi connectivity index (χ2n) is 8.87. The van der Waals surface area contributed by atoms with Crippen LogP contribution < -0.4 is 21.6 Å². The Balaban J connectivity index is 2.38. The van der Waals surface area contributed by atoms with Crippen molar-refractivity contribution in [2.75, 3.05) is 4.90 Å². The number of nitrogens with zero attached hydrogens (tertiary/aromatic N) is 1. The molecule has 0 atom stereocenters. The lowest BCUT2D eigenvalue weighted by atomic mass is 10.1. The van der Waals surface area contributed by atoms with Crippen LogP contribution in [0.5, 0.6) is 23.0 Å². The summed E-state index contributed by atoms with van der Waals surface area (Å²) in [6.07, 6.45) is 0. The van der Waals surface area contributed by atoms with E-state index in [1.807, 2.05) is 0 Å². The Hall–Kier alpha value is -4.38. The second-order valence-corrected chi connectivity index (χ2v) is 15.0. The number of anilines is 3. The van der Waals surface area contributed by atoms with Gasteiger partial charge in [0.2, 0.25) is 0 Å². The lowest BCUT2D eigenvalue weighted by Gasteiger charge is -2.27. The van der Waals surface area contributed by atoms with E-state index in [1.165, 1.54) is 18.2 Å². The SMILES string of the molecule is O=S(=O)(Oc1ccc(N(c2ccccc2)c2ccc(OS(=O)(=O)C(F)(F)F)c(OS(=O)(=O)C(F)(F)F)c2)cc1OS(=O)(=O)C(F)(F)F)C(F)(F)F. The van der Waals surface area contributed by atoms with Crippen molar-refractivity contribution < 1.29 is 103 Å². The van der Waals surface area contributed by atoms with Gasteiger partial charge in [0.25, 0.3) is 0 Å². The molecular weight excluding hydrogens is 826 g/mol. The van der Waals surface area contributed by atoms with Crippen molar-refractivity contribution in [2.45, 2.75) is 22.0 Å². The average molecular weight is 838 g/mol. The van der Waals surface area contributed by atoms with Gasteiger partial charge in [-0.25, -0.2) is 0 Å². The average Bonchev–Trinajstić information content (AvgIpc) is 2.93. The molecule has 0 aliphatic carbocycles. The maximum Gasteiger partial charge on any atom is 0.534 e. The van der Waals surface area contributed by atoms with Crippen LogP contribution in [0.2, 0.25) is 0 Å². The van der Waals surface area contributed by atoms with Crippen molar-refractivity contribution in [3.05, 3.63) is 66.7 Å². The third kappa shape index (κ3) is 9.11. The molecule has 0 unspecified atom stereocenters. The fraction of sp³-hybridized carbons (Fsp3) is 0.182. The monoisotopic (exact) mass is 837 g/mol. The highest BCUT2D eigenvalue weighted by Crippen LogP contribution is 2.45. The van der Waals surface area contributed by atoms with Gasteiger partial charge in [0.1, 0.15) is 0 Å². The molecule has 0 amide bonds. The Kier molecular flexibility index (Phi) is 10.7. The highest BCUT2D eigenvalue weighted by Gasteiger charge is 2.52. The van der Waals surface area contributed by atoms with Gasteiger partial charge in [-0.05, 0) is 36.4 Å². The number of benzene rings is 3. The minimum absolute atomic E-state index is 0.0586. The smallest absolute Gasteiger partial charge is 0.372 e. The van der Waals surface area contributed by atoms with Crippen molar-refractivity contribution in [3.8, 4) is 23.0 Å². The van der Waals surface area contributed by atoms with Crippen LogP contribution in [0.15, 0.2) is 66.7 Å². The summed E-state index contributed by atoms with van der Waals surface area (Å²) in [5.74, 6) is -7.58. The maximum absolute atomic E-state index is 13.1. The van der Waals surface area contributed by atoms with E-state index >= 15 is 0 Å². The summed E-state index contributed by atoms with van der Waals surface area (Å²) in [6.45, 7) is 0. The van der Waals surface area contributed by atoms with Gasteiger partial charge in [-0.2, -0.15) is 86.4 Å². The van der Waals surface area contributed by atoms with Gasteiger partial charge in [0.05, 0.1) is 11.4 Å². The van der Waals surface area contributed by atoms with Crippen LogP contribution in [-0.2, 0) is 40.5 Å². The Bertz CT molecular complexity index is 2080. The molecule has 3 aromatic carbocycles. The molecule has 284 valence electrons. The van der Waals surface area contributed by atoms with Gasteiger partial charge >= 0.3 is 62.5 Å². The maximum atomic E-state index is 13.1. The standard InChI is InChI=1S/C22H11F12NO12S4/c23-19(24,25)48(36,37)44-15-8-6-13(10-17(15)46-50(40,41)21(29,30)31)35(12-4-2-1-3-5-12)14-7-9-16(45-49(38,39)20(26,27)28)18(11-14)47-51(42,43)22(32,33)34/h1-11H. The number of rotatable bonds is 11. The molecule has 0 aliphatic heterocycles. The van der Waals surface area contributed by atoms with E-state index in [4.69, 9.17) is 0 Å². The van der Waals surface area contributed by atoms with Crippen molar-refractivity contribution in [2.24, 2.45) is 0 Å². The zero-order valence-electron chi connectivity index (χ0n) is 23.4. The molecular formula is C22H11F12NO12S4. The van der Waals surface area contributed by atoms with Gasteiger partial charge in [-0.1, -0.05) is 18.2 Å². The van der Waals surface area contributed by atoms with E-state index in [0.717, 1.165) is 12.1 Å². The van der Waals surface area contributed by atoms with Crippen molar-refractivity contribution in [1.82, 2.24) is 0 Å². The summed E-state index contributed by atoms with van der Waals surface area (Å²) in [5.41, 5.74) is -27.1. The van der Waals surface area contributed by atoms with Gasteiger partial charge < -0.3 is 21.6 Å². The number of hydrogen-bond donors (Lipinski definition) is 0. The highest BCUT2D eigenvalue weighted by atomic mass is 32.2. The first-order chi connectivity index (χ1) is 22.8.